The van der Waals surface area contributed by atoms with Crippen LogP contribution in [0.25, 0.3) is 0 Å². The Kier molecular flexibility index (Phi) is 12.5. The van der Waals surface area contributed by atoms with E-state index in [1.54, 1.807) is 46.4 Å². The average molecular weight is 656 g/mol. The van der Waals surface area contributed by atoms with E-state index in [4.69, 9.17) is 9.47 Å². The Balaban J connectivity index is 3.19. The number of benzene rings is 1. The number of halogens is 4. The standard InChI is InChI=1S/C26H38Br2F2N2O5/c1-15(27)13-32(14-16(2)28)22-18(29)11-17(12-19(22)30)23(34)31-20(24(35)37-26(6,7)8)9-10-21(33)36-25(3,4)5/h11-12,15-16,20H,9-10,13-14H2,1-8H3,(H,31,34)/t15?,16?,20-/m0/s1. The van der Waals surface area contributed by atoms with Crippen molar-refractivity contribution in [2.24, 2.45) is 0 Å². The van der Waals surface area contributed by atoms with Gasteiger partial charge in [-0.15, -0.1) is 0 Å². The molecule has 1 aromatic carbocycles. The molecule has 3 atom stereocenters. The van der Waals surface area contributed by atoms with Gasteiger partial charge in [0.05, 0.1) is 0 Å². The number of amides is 1. The van der Waals surface area contributed by atoms with Gasteiger partial charge in [-0.2, -0.15) is 0 Å². The van der Waals surface area contributed by atoms with Crippen molar-refractivity contribution in [3.63, 3.8) is 0 Å². The van der Waals surface area contributed by atoms with Crippen LogP contribution in [0.1, 0.15) is 78.6 Å². The molecule has 7 nitrogen and oxygen atoms in total. The van der Waals surface area contributed by atoms with Crippen LogP contribution in [0, 0.1) is 11.6 Å². The fourth-order valence-corrected chi connectivity index (χ4v) is 4.08. The molecule has 0 aromatic heterocycles. The summed E-state index contributed by atoms with van der Waals surface area (Å²) in [7, 11) is 0. The number of carbonyl (C=O) groups is 3. The number of hydrogen-bond acceptors (Lipinski definition) is 6. The van der Waals surface area contributed by atoms with Crippen LogP contribution in [0.2, 0.25) is 0 Å². The summed E-state index contributed by atoms with van der Waals surface area (Å²) in [6.07, 6.45) is -0.286. The molecule has 1 amide bonds. The second-order valence-electron chi connectivity index (χ2n) is 10.9. The Labute approximate surface area is 235 Å². The first-order chi connectivity index (χ1) is 16.8. The number of alkyl halides is 2. The molecular weight excluding hydrogens is 618 g/mol. The minimum absolute atomic E-state index is 0.0416. The molecule has 37 heavy (non-hydrogen) atoms. The smallest absolute Gasteiger partial charge is 0.329 e. The normalized spacial score (nSPS) is 14.4. The second-order valence-corrected chi connectivity index (χ2v) is 14.1. The SMILES string of the molecule is CC(Br)CN(CC(C)Br)c1c(F)cc(C(=O)N[C@@H](CCC(=O)OC(C)(C)C)C(=O)OC(C)(C)C)cc1F. The van der Waals surface area contributed by atoms with Gasteiger partial charge in [-0.05, 0) is 60.1 Å². The van der Waals surface area contributed by atoms with Gasteiger partial charge in [0.2, 0.25) is 0 Å². The highest BCUT2D eigenvalue weighted by Crippen LogP contribution is 2.27. The van der Waals surface area contributed by atoms with Gasteiger partial charge < -0.3 is 19.7 Å². The van der Waals surface area contributed by atoms with Gasteiger partial charge in [-0.3, -0.25) is 9.59 Å². The van der Waals surface area contributed by atoms with Crippen LogP contribution in [0.4, 0.5) is 14.5 Å². The molecule has 11 heteroatoms. The number of nitrogens with zero attached hydrogens (tertiary/aromatic N) is 1. The number of rotatable bonds is 11. The van der Waals surface area contributed by atoms with Crippen LogP contribution in [0.5, 0.6) is 0 Å². The molecule has 0 saturated carbocycles. The zero-order chi connectivity index (χ0) is 28.7. The van der Waals surface area contributed by atoms with Gasteiger partial charge in [-0.25, -0.2) is 13.6 Å². The van der Waals surface area contributed by atoms with Crippen LogP contribution < -0.4 is 10.2 Å². The summed E-state index contributed by atoms with van der Waals surface area (Å²) in [4.78, 5) is 39.3. The second kappa shape index (κ2) is 13.9. The molecule has 210 valence electrons. The maximum atomic E-state index is 15.1. The van der Waals surface area contributed by atoms with Crippen LogP contribution in [0.3, 0.4) is 0 Å². The van der Waals surface area contributed by atoms with Crippen molar-refractivity contribution in [1.29, 1.82) is 0 Å². The monoisotopic (exact) mass is 654 g/mol. The predicted octanol–water partition coefficient (Wildman–Crippen LogP) is 5.90. The molecule has 2 unspecified atom stereocenters. The summed E-state index contributed by atoms with van der Waals surface area (Å²) in [5, 5.41) is 2.46. The third-order valence-corrected chi connectivity index (χ3v) is 5.17. The minimum atomic E-state index is -1.23. The lowest BCUT2D eigenvalue weighted by molar-refractivity contribution is -0.158. The van der Waals surface area contributed by atoms with Gasteiger partial charge in [0, 0.05) is 34.7 Å². The molecular formula is C26H38Br2F2N2O5. The molecule has 0 spiro atoms. The van der Waals surface area contributed by atoms with E-state index in [0.717, 1.165) is 12.1 Å². The first kappa shape index (κ1) is 33.3. The number of ether oxygens (including phenoxy) is 2. The van der Waals surface area contributed by atoms with Gasteiger partial charge in [0.15, 0.2) is 0 Å². The first-order valence-corrected chi connectivity index (χ1v) is 13.9. The molecule has 1 rings (SSSR count). The lowest BCUT2D eigenvalue weighted by Crippen LogP contribution is -2.44. The Morgan fingerprint density at radius 1 is 0.919 bits per heavy atom. The molecule has 0 saturated heterocycles. The summed E-state index contributed by atoms with van der Waals surface area (Å²) in [6.45, 7) is 14.5. The number of esters is 2. The molecule has 0 bridgehead atoms. The van der Waals surface area contributed by atoms with Crippen LogP contribution >= 0.6 is 31.9 Å². The molecule has 0 heterocycles. The molecule has 1 aromatic rings. The third kappa shape index (κ3) is 12.6. The van der Waals surface area contributed by atoms with Crippen molar-refractivity contribution < 1.29 is 32.6 Å². The minimum Gasteiger partial charge on any atom is -0.460 e. The Hall–Kier alpha value is -1.75. The van der Waals surface area contributed by atoms with E-state index in [1.165, 1.54) is 0 Å². The predicted molar refractivity (Wildman–Crippen MR) is 148 cm³/mol. The van der Waals surface area contributed by atoms with Crippen molar-refractivity contribution in [2.75, 3.05) is 18.0 Å². The summed E-state index contributed by atoms with van der Waals surface area (Å²) >= 11 is 6.82. The van der Waals surface area contributed by atoms with Gasteiger partial charge in [0.25, 0.3) is 5.91 Å². The maximum absolute atomic E-state index is 15.1. The lowest BCUT2D eigenvalue weighted by Gasteiger charge is -2.28. The highest BCUT2D eigenvalue weighted by Gasteiger charge is 2.30. The van der Waals surface area contributed by atoms with Gasteiger partial charge in [-0.1, -0.05) is 45.7 Å². The largest absolute Gasteiger partial charge is 0.460 e. The number of anilines is 1. The van der Waals surface area contributed by atoms with Crippen molar-refractivity contribution in [1.82, 2.24) is 5.32 Å². The molecule has 0 aliphatic heterocycles. The van der Waals surface area contributed by atoms with Crippen LogP contribution in [-0.4, -0.2) is 57.8 Å². The lowest BCUT2D eigenvalue weighted by atomic mass is 10.1. The number of hydrogen-bond donors (Lipinski definition) is 1. The number of nitrogens with one attached hydrogen (secondary N) is 1. The average Bonchev–Trinajstić information content (AvgIpc) is 2.66. The molecule has 1 N–H and O–H groups in total. The summed E-state index contributed by atoms with van der Waals surface area (Å²) in [5.74, 6) is -4.02. The van der Waals surface area contributed by atoms with E-state index in [0.29, 0.717) is 13.1 Å². The van der Waals surface area contributed by atoms with Gasteiger partial charge in [0.1, 0.15) is 34.6 Å². The Morgan fingerprint density at radius 2 is 1.38 bits per heavy atom. The molecule has 0 aliphatic rings. The Morgan fingerprint density at radius 3 is 1.78 bits per heavy atom. The van der Waals surface area contributed by atoms with E-state index < -0.39 is 46.7 Å². The van der Waals surface area contributed by atoms with Crippen LogP contribution in [0.15, 0.2) is 12.1 Å². The van der Waals surface area contributed by atoms with Crippen molar-refractivity contribution in [2.45, 2.75) is 95.1 Å². The fraction of sp³-hybridized carbons (Fsp3) is 0.654. The number of carbonyl (C=O) groups excluding carboxylic acids is 3. The van der Waals surface area contributed by atoms with Crippen LogP contribution in [-0.2, 0) is 19.1 Å². The molecule has 0 radical (unpaired) electrons. The topological polar surface area (TPSA) is 84.9 Å². The molecule has 0 fully saturated rings. The fourth-order valence-electron chi connectivity index (χ4n) is 3.38. The highest BCUT2D eigenvalue weighted by atomic mass is 79.9. The highest BCUT2D eigenvalue weighted by molar-refractivity contribution is 9.09. The summed E-state index contributed by atoms with van der Waals surface area (Å²) in [6, 6.07) is 0.627. The zero-order valence-corrected chi connectivity index (χ0v) is 25.9. The third-order valence-electron chi connectivity index (χ3n) is 4.59. The van der Waals surface area contributed by atoms with E-state index in [9.17, 15) is 14.4 Å². The Bertz CT molecular complexity index is 926. The zero-order valence-electron chi connectivity index (χ0n) is 22.7. The van der Waals surface area contributed by atoms with Gasteiger partial charge >= 0.3 is 11.9 Å². The van der Waals surface area contributed by atoms with Crippen molar-refractivity contribution >= 4 is 55.4 Å². The quantitative estimate of drug-likeness (QED) is 0.236. The van der Waals surface area contributed by atoms with E-state index in [1.807, 2.05) is 13.8 Å². The van der Waals surface area contributed by atoms with E-state index in [2.05, 4.69) is 37.2 Å². The first-order valence-electron chi connectivity index (χ1n) is 12.1. The van der Waals surface area contributed by atoms with Crippen molar-refractivity contribution in [3.8, 4) is 0 Å². The molecule has 0 aliphatic carbocycles. The summed E-state index contributed by atoms with van der Waals surface area (Å²) in [5.41, 5.74) is -2.12. The van der Waals surface area contributed by atoms with Crippen molar-refractivity contribution in [3.05, 3.63) is 29.3 Å². The summed E-state index contributed by atoms with van der Waals surface area (Å²) < 4.78 is 40.9. The van der Waals surface area contributed by atoms with E-state index in [-0.39, 0.29) is 33.7 Å². The maximum Gasteiger partial charge on any atom is 0.329 e. The van der Waals surface area contributed by atoms with E-state index >= 15 is 8.78 Å².